The van der Waals surface area contributed by atoms with Crippen molar-refractivity contribution in [2.24, 2.45) is 5.92 Å². The molecule has 7 nitrogen and oxygen atoms in total. The van der Waals surface area contributed by atoms with E-state index in [0.717, 1.165) is 16.9 Å². The van der Waals surface area contributed by atoms with Crippen LogP contribution in [0, 0.1) is 17.2 Å². The second-order valence-corrected chi connectivity index (χ2v) is 8.11. The number of anilines is 1. The summed E-state index contributed by atoms with van der Waals surface area (Å²) >= 11 is 1.13. The summed E-state index contributed by atoms with van der Waals surface area (Å²) in [7, 11) is 0. The van der Waals surface area contributed by atoms with Gasteiger partial charge >= 0.3 is 5.97 Å². The summed E-state index contributed by atoms with van der Waals surface area (Å²) in [5.41, 5.74) is 0.359. The Morgan fingerprint density at radius 3 is 2.62 bits per heavy atom. The highest BCUT2D eigenvalue weighted by Gasteiger charge is 2.50. The number of carbonyl (C=O) groups is 2. The molecule has 2 aromatic rings. The van der Waals surface area contributed by atoms with Crippen LogP contribution in [0.5, 0.6) is 0 Å². The Bertz CT molecular complexity index is 933. The molecule has 0 bridgehead atoms. The van der Waals surface area contributed by atoms with Crippen LogP contribution < -0.4 is 5.32 Å². The minimum Gasteiger partial charge on any atom is -0.480 e. The number of aliphatic carboxylic acids is 1. The zero-order valence-corrected chi connectivity index (χ0v) is 17.3. The maximum atomic E-state index is 12.8. The molecule has 0 spiro atoms. The molecule has 29 heavy (non-hydrogen) atoms. The summed E-state index contributed by atoms with van der Waals surface area (Å²) in [6.07, 6.45) is 1.23. The number of likely N-dealkylation sites (N-methyl/N-ethyl adjacent to an activating group) is 1. The van der Waals surface area contributed by atoms with Gasteiger partial charge in [0.2, 0.25) is 5.91 Å². The number of amides is 1. The SMILES string of the molecule is CCN(CC)[C@]1(C(=O)O)CC[C@H](C(=O)Nc2nc(-c3ccccc3)c(C#N)s2)C1. The predicted octanol–water partition coefficient (Wildman–Crippen LogP) is 3.59. The lowest BCUT2D eigenvalue weighted by Crippen LogP contribution is -2.53. The monoisotopic (exact) mass is 412 g/mol. The van der Waals surface area contributed by atoms with Crippen molar-refractivity contribution in [2.45, 2.75) is 38.6 Å². The van der Waals surface area contributed by atoms with E-state index in [1.54, 1.807) is 0 Å². The van der Waals surface area contributed by atoms with Gasteiger partial charge in [0.05, 0.1) is 0 Å². The molecule has 3 rings (SSSR count). The second kappa shape index (κ2) is 8.72. The number of thiazole rings is 1. The van der Waals surface area contributed by atoms with Crippen LogP contribution in [-0.4, -0.2) is 45.5 Å². The molecule has 1 fully saturated rings. The average molecular weight is 413 g/mol. The van der Waals surface area contributed by atoms with E-state index in [0.29, 0.717) is 41.6 Å². The van der Waals surface area contributed by atoms with Crippen molar-refractivity contribution in [3.05, 3.63) is 35.2 Å². The number of carboxylic acid groups (broad SMARTS) is 1. The quantitative estimate of drug-likeness (QED) is 0.720. The third-order valence-electron chi connectivity index (χ3n) is 5.63. The fourth-order valence-corrected chi connectivity index (χ4v) is 4.93. The van der Waals surface area contributed by atoms with Gasteiger partial charge in [-0.2, -0.15) is 5.26 Å². The molecule has 1 aliphatic rings. The van der Waals surface area contributed by atoms with Crippen LogP contribution in [0.25, 0.3) is 11.3 Å². The third-order valence-corrected chi connectivity index (χ3v) is 6.51. The number of benzene rings is 1. The molecule has 0 saturated heterocycles. The van der Waals surface area contributed by atoms with Gasteiger partial charge in [-0.15, -0.1) is 0 Å². The molecule has 1 heterocycles. The largest absolute Gasteiger partial charge is 0.480 e. The summed E-state index contributed by atoms with van der Waals surface area (Å²) in [6, 6.07) is 11.5. The summed E-state index contributed by atoms with van der Waals surface area (Å²) in [5.74, 6) is -1.51. The molecule has 1 saturated carbocycles. The highest BCUT2D eigenvalue weighted by atomic mass is 32.1. The number of hydrogen-bond donors (Lipinski definition) is 2. The van der Waals surface area contributed by atoms with E-state index in [-0.39, 0.29) is 12.3 Å². The van der Waals surface area contributed by atoms with Crippen LogP contribution in [0.3, 0.4) is 0 Å². The fourth-order valence-electron chi connectivity index (χ4n) is 4.14. The van der Waals surface area contributed by atoms with Gasteiger partial charge in [0.25, 0.3) is 0 Å². The molecule has 2 atom stereocenters. The Balaban J connectivity index is 1.77. The molecule has 152 valence electrons. The predicted molar refractivity (Wildman–Crippen MR) is 112 cm³/mol. The number of nitrogens with zero attached hydrogens (tertiary/aromatic N) is 3. The molecule has 0 aliphatic heterocycles. The van der Waals surface area contributed by atoms with E-state index in [1.165, 1.54) is 0 Å². The molecule has 1 aliphatic carbocycles. The number of carbonyl (C=O) groups excluding carboxylic acids is 1. The average Bonchev–Trinajstić information content (AvgIpc) is 3.35. The standard InChI is InChI=1S/C21H24N4O3S/c1-3-25(4-2)21(19(27)28)11-10-15(12-21)18(26)24-20-23-17(16(13-22)29-20)14-8-6-5-7-9-14/h5-9,15H,3-4,10-12H2,1-2H3,(H,27,28)(H,23,24,26)/t15-,21+/m0/s1. The molecule has 0 radical (unpaired) electrons. The van der Waals surface area contributed by atoms with Crippen molar-refractivity contribution >= 4 is 28.3 Å². The van der Waals surface area contributed by atoms with Crippen LogP contribution >= 0.6 is 11.3 Å². The van der Waals surface area contributed by atoms with Crippen molar-refractivity contribution in [3.8, 4) is 17.3 Å². The minimum absolute atomic E-state index is 0.238. The Kier molecular flexibility index (Phi) is 6.30. The van der Waals surface area contributed by atoms with Gasteiger partial charge < -0.3 is 10.4 Å². The number of hydrogen-bond acceptors (Lipinski definition) is 6. The molecule has 1 amide bonds. The fraction of sp³-hybridized carbons (Fsp3) is 0.429. The normalized spacial score (nSPS) is 21.1. The first-order valence-corrected chi connectivity index (χ1v) is 10.5. The van der Waals surface area contributed by atoms with Crippen molar-refractivity contribution in [2.75, 3.05) is 18.4 Å². The van der Waals surface area contributed by atoms with E-state index < -0.39 is 17.4 Å². The van der Waals surface area contributed by atoms with E-state index in [4.69, 9.17) is 0 Å². The lowest BCUT2D eigenvalue weighted by molar-refractivity contribution is -0.151. The number of nitriles is 1. The zero-order valence-electron chi connectivity index (χ0n) is 16.5. The maximum absolute atomic E-state index is 12.8. The zero-order chi connectivity index (χ0) is 21.0. The van der Waals surface area contributed by atoms with Gasteiger partial charge in [0.15, 0.2) is 5.13 Å². The molecular weight excluding hydrogens is 388 g/mol. The van der Waals surface area contributed by atoms with Gasteiger partial charge in [-0.3, -0.25) is 14.5 Å². The Morgan fingerprint density at radius 2 is 2.03 bits per heavy atom. The maximum Gasteiger partial charge on any atom is 0.324 e. The molecule has 2 N–H and O–H groups in total. The van der Waals surface area contributed by atoms with E-state index in [1.807, 2.05) is 49.1 Å². The minimum atomic E-state index is -0.999. The Morgan fingerprint density at radius 1 is 1.34 bits per heavy atom. The van der Waals surface area contributed by atoms with Gasteiger partial charge in [-0.1, -0.05) is 55.5 Å². The lowest BCUT2D eigenvalue weighted by atomic mass is 9.93. The van der Waals surface area contributed by atoms with Gasteiger partial charge in [0.1, 0.15) is 22.2 Å². The van der Waals surface area contributed by atoms with Crippen LogP contribution in [0.2, 0.25) is 0 Å². The van der Waals surface area contributed by atoms with Gasteiger partial charge in [-0.05, 0) is 32.4 Å². The van der Waals surface area contributed by atoms with E-state index in [2.05, 4.69) is 16.4 Å². The van der Waals surface area contributed by atoms with Crippen LogP contribution in [0.1, 0.15) is 38.0 Å². The first kappa shape index (κ1) is 21.0. The van der Waals surface area contributed by atoms with Crippen molar-refractivity contribution in [3.63, 3.8) is 0 Å². The summed E-state index contributed by atoms with van der Waals surface area (Å²) < 4.78 is 0. The highest BCUT2D eigenvalue weighted by molar-refractivity contribution is 7.16. The highest BCUT2D eigenvalue weighted by Crippen LogP contribution is 2.40. The van der Waals surface area contributed by atoms with Crippen molar-refractivity contribution in [1.29, 1.82) is 5.26 Å². The van der Waals surface area contributed by atoms with E-state index >= 15 is 0 Å². The molecule has 1 aromatic heterocycles. The Labute approximate surface area is 174 Å². The number of nitrogens with one attached hydrogen (secondary N) is 1. The summed E-state index contributed by atoms with van der Waals surface area (Å²) in [6.45, 7) is 5.11. The number of rotatable bonds is 7. The number of carboxylic acids is 1. The van der Waals surface area contributed by atoms with E-state index in [9.17, 15) is 20.0 Å². The van der Waals surface area contributed by atoms with Gasteiger partial charge in [0, 0.05) is 11.5 Å². The molecule has 0 unspecified atom stereocenters. The first-order valence-electron chi connectivity index (χ1n) is 9.70. The van der Waals surface area contributed by atoms with Crippen molar-refractivity contribution < 1.29 is 14.7 Å². The summed E-state index contributed by atoms with van der Waals surface area (Å²) in [4.78, 5) is 31.7. The number of aromatic nitrogens is 1. The molecular formula is C21H24N4O3S. The van der Waals surface area contributed by atoms with Crippen molar-refractivity contribution in [1.82, 2.24) is 9.88 Å². The first-order chi connectivity index (χ1) is 13.9. The molecule has 8 heteroatoms. The Hall–Kier alpha value is -2.76. The van der Waals surface area contributed by atoms with Crippen LogP contribution in [0.4, 0.5) is 5.13 Å². The van der Waals surface area contributed by atoms with Crippen LogP contribution in [-0.2, 0) is 9.59 Å². The summed E-state index contributed by atoms with van der Waals surface area (Å²) in [5, 5.41) is 22.5. The molecule has 1 aromatic carbocycles. The lowest BCUT2D eigenvalue weighted by Gasteiger charge is -2.36. The topological polar surface area (TPSA) is 106 Å². The third kappa shape index (κ3) is 4.02. The van der Waals surface area contributed by atoms with Crippen LogP contribution in [0.15, 0.2) is 30.3 Å². The van der Waals surface area contributed by atoms with Gasteiger partial charge in [-0.25, -0.2) is 4.98 Å². The smallest absolute Gasteiger partial charge is 0.324 e. The second-order valence-electron chi connectivity index (χ2n) is 7.11.